The maximum atomic E-state index is 13.0. The van der Waals surface area contributed by atoms with E-state index in [9.17, 15) is 18.8 Å². The molecule has 1 atom stereocenters. The number of hydrogen-bond acceptors (Lipinski definition) is 5. The van der Waals surface area contributed by atoms with Gasteiger partial charge in [-0.25, -0.2) is 9.18 Å². The van der Waals surface area contributed by atoms with Gasteiger partial charge in [0, 0.05) is 5.69 Å². The number of carbonyl (C=O) groups is 3. The van der Waals surface area contributed by atoms with Gasteiger partial charge in [0.05, 0.1) is 19.7 Å². The van der Waals surface area contributed by atoms with Crippen LogP contribution in [0.4, 0.5) is 14.9 Å². The zero-order chi connectivity index (χ0) is 16.7. The molecule has 0 aromatic heterocycles. The first-order chi connectivity index (χ1) is 10.3. The van der Waals surface area contributed by atoms with Crippen LogP contribution >= 0.6 is 0 Å². The summed E-state index contributed by atoms with van der Waals surface area (Å²) in [7, 11) is 2.69. The lowest BCUT2D eigenvalue weighted by Gasteiger charge is -2.22. The molecule has 0 fully saturated rings. The second-order valence-electron chi connectivity index (χ2n) is 4.63. The van der Waals surface area contributed by atoms with E-state index in [4.69, 9.17) is 0 Å². The van der Waals surface area contributed by atoms with Crippen LogP contribution in [0.5, 0.6) is 0 Å². The van der Waals surface area contributed by atoms with Gasteiger partial charge in [0.1, 0.15) is 5.82 Å². The van der Waals surface area contributed by atoms with Gasteiger partial charge >= 0.3 is 6.09 Å². The second-order valence-corrected chi connectivity index (χ2v) is 4.63. The largest absolute Gasteiger partial charge is 0.453 e. The van der Waals surface area contributed by atoms with Crippen LogP contribution in [0.2, 0.25) is 0 Å². The molecule has 1 aromatic rings. The van der Waals surface area contributed by atoms with Crippen molar-refractivity contribution >= 4 is 23.6 Å². The quantitative estimate of drug-likeness (QED) is 0.846. The van der Waals surface area contributed by atoms with Crippen molar-refractivity contribution in [3.8, 4) is 0 Å². The maximum Gasteiger partial charge on any atom is 0.413 e. The molecular formula is C14H18FN3O4. The van der Waals surface area contributed by atoms with Gasteiger partial charge in [-0.2, -0.15) is 0 Å². The molecule has 8 heteroatoms. The van der Waals surface area contributed by atoms with Gasteiger partial charge in [-0.15, -0.1) is 0 Å². The number of imide groups is 1. The van der Waals surface area contributed by atoms with Gasteiger partial charge in [0.15, 0.2) is 0 Å². The van der Waals surface area contributed by atoms with Crippen LogP contribution in [0.15, 0.2) is 24.3 Å². The third-order valence-electron chi connectivity index (χ3n) is 2.95. The fourth-order valence-corrected chi connectivity index (χ4v) is 1.59. The standard InChI is InChI=1S/C14H18FN3O4/c1-9(13(20)17-14(21)22-3)18(2)8-12(19)16-11-6-4-5-10(15)7-11/h4-7,9H,8H2,1-3H3,(H,16,19)(H,17,20,21)/t9-/m1/s1. The highest BCUT2D eigenvalue weighted by Gasteiger charge is 2.22. The van der Waals surface area contributed by atoms with E-state index in [-0.39, 0.29) is 6.54 Å². The van der Waals surface area contributed by atoms with E-state index in [0.29, 0.717) is 5.69 Å². The normalized spacial score (nSPS) is 11.7. The molecule has 0 aliphatic heterocycles. The molecule has 0 aliphatic rings. The van der Waals surface area contributed by atoms with Gasteiger partial charge < -0.3 is 10.1 Å². The van der Waals surface area contributed by atoms with E-state index < -0.39 is 29.8 Å². The summed E-state index contributed by atoms with van der Waals surface area (Å²) in [6.45, 7) is 1.43. The first kappa shape index (κ1) is 17.6. The minimum atomic E-state index is -0.866. The summed E-state index contributed by atoms with van der Waals surface area (Å²) in [6, 6.07) is 4.75. The SMILES string of the molecule is COC(=O)NC(=O)[C@@H](C)N(C)CC(=O)Nc1cccc(F)c1. The van der Waals surface area contributed by atoms with Gasteiger partial charge in [-0.05, 0) is 32.2 Å². The van der Waals surface area contributed by atoms with Crippen molar-refractivity contribution in [2.75, 3.05) is 26.0 Å². The lowest BCUT2D eigenvalue weighted by molar-refractivity contribution is -0.125. The van der Waals surface area contributed by atoms with E-state index >= 15 is 0 Å². The average molecular weight is 311 g/mol. The Bertz CT molecular complexity index is 565. The highest BCUT2D eigenvalue weighted by atomic mass is 19.1. The number of anilines is 1. The Morgan fingerprint density at radius 2 is 2.05 bits per heavy atom. The zero-order valence-electron chi connectivity index (χ0n) is 12.6. The number of likely N-dealkylation sites (N-methyl/N-ethyl adjacent to an activating group) is 1. The molecule has 0 spiro atoms. The number of nitrogens with one attached hydrogen (secondary N) is 2. The Hall–Kier alpha value is -2.48. The second kappa shape index (κ2) is 8.08. The summed E-state index contributed by atoms with van der Waals surface area (Å²) in [6.07, 6.45) is -0.866. The Morgan fingerprint density at radius 3 is 2.64 bits per heavy atom. The number of nitrogens with zero attached hydrogens (tertiary/aromatic N) is 1. The third-order valence-corrected chi connectivity index (χ3v) is 2.95. The highest BCUT2D eigenvalue weighted by molar-refractivity contribution is 5.96. The molecule has 1 aromatic carbocycles. The molecule has 0 unspecified atom stereocenters. The topological polar surface area (TPSA) is 87.7 Å². The van der Waals surface area contributed by atoms with Crippen molar-refractivity contribution in [2.45, 2.75) is 13.0 Å². The van der Waals surface area contributed by atoms with E-state index in [1.54, 1.807) is 13.1 Å². The maximum absolute atomic E-state index is 13.0. The lowest BCUT2D eigenvalue weighted by Crippen LogP contribution is -2.47. The summed E-state index contributed by atoms with van der Waals surface area (Å²) in [5, 5.41) is 4.53. The number of alkyl carbamates (subject to hydrolysis) is 1. The van der Waals surface area contributed by atoms with E-state index in [1.165, 1.54) is 30.0 Å². The smallest absolute Gasteiger partial charge is 0.413 e. The molecule has 0 bridgehead atoms. The Labute approximate surface area is 127 Å². The number of methoxy groups -OCH3 is 1. The number of amides is 3. The summed E-state index contributed by atoms with van der Waals surface area (Å²) >= 11 is 0. The predicted molar refractivity (Wildman–Crippen MR) is 77.7 cm³/mol. The van der Waals surface area contributed by atoms with Gasteiger partial charge in [0.2, 0.25) is 11.8 Å². The molecule has 0 saturated carbocycles. The van der Waals surface area contributed by atoms with Gasteiger partial charge in [-0.1, -0.05) is 6.07 Å². The summed E-state index contributed by atoms with van der Waals surface area (Å²) in [5.41, 5.74) is 0.324. The van der Waals surface area contributed by atoms with Gasteiger partial charge in [0.25, 0.3) is 0 Å². The predicted octanol–water partition coefficient (Wildman–Crippen LogP) is 0.967. The van der Waals surface area contributed by atoms with Crippen LogP contribution in [0.3, 0.4) is 0 Å². The fourth-order valence-electron chi connectivity index (χ4n) is 1.59. The van der Waals surface area contributed by atoms with Crippen LogP contribution in [0.1, 0.15) is 6.92 Å². The number of rotatable bonds is 5. The molecule has 0 radical (unpaired) electrons. The molecule has 1 rings (SSSR count). The Balaban J connectivity index is 2.52. The van der Waals surface area contributed by atoms with Crippen molar-refractivity contribution < 1.29 is 23.5 Å². The first-order valence-electron chi connectivity index (χ1n) is 6.48. The van der Waals surface area contributed by atoms with E-state index in [0.717, 1.165) is 7.11 Å². The summed E-state index contributed by atoms with van der Waals surface area (Å²) in [5.74, 6) is -1.46. The zero-order valence-corrected chi connectivity index (χ0v) is 12.6. The molecule has 2 N–H and O–H groups in total. The lowest BCUT2D eigenvalue weighted by atomic mass is 10.2. The van der Waals surface area contributed by atoms with Crippen LogP contribution in [0.25, 0.3) is 0 Å². The Morgan fingerprint density at radius 1 is 1.36 bits per heavy atom. The van der Waals surface area contributed by atoms with Crippen molar-refractivity contribution in [3.63, 3.8) is 0 Å². The molecule has 0 aliphatic carbocycles. The molecular weight excluding hydrogens is 293 g/mol. The molecule has 0 heterocycles. The highest BCUT2D eigenvalue weighted by Crippen LogP contribution is 2.09. The third kappa shape index (κ3) is 5.49. The van der Waals surface area contributed by atoms with Crippen molar-refractivity contribution in [2.24, 2.45) is 0 Å². The van der Waals surface area contributed by atoms with E-state index in [2.05, 4.69) is 10.1 Å². The minimum absolute atomic E-state index is 0.105. The summed E-state index contributed by atoms with van der Waals surface area (Å²) in [4.78, 5) is 35.9. The Kier molecular flexibility index (Phi) is 6.46. The summed E-state index contributed by atoms with van der Waals surface area (Å²) < 4.78 is 17.3. The van der Waals surface area contributed by atoms with Crippen LogP contribution in [0, 0.1) is 5.82 Å². The number of halogens is 1. The van der Waals surface area contributed by atoms with Crippen molar-refractivity contribution in [3.05, 3.63) is 30.1 Å². The number of benzene rings is 1. The minimum Gasteiger partial charge on any atom is -0.453 e. The molecule has 22 heavy (non-hydrogen) atoms. The average Bonchev–Trinajstić information content (AvgIpc) is 2.45. The van der Waals surface area contributed by atoms with Crippen LogP contribution in [-0.2, 0) is 14.3 Å². The van der Waals surface area contributed by atoms with Gasteiger partial charge in [-0.3, -0.25) is 19.8 Å². The number of hydrogen-bond donors (Lipinski definition) is 2. The first-order valence-corrected chi connectivity index (χ1v) is 6.48. The van der Waals surface area contributed by atoms with Crippen LogP contribution < -0.4 is 10.6 Å². The molecule has 7 nitrogen and oxygen atoms in total. The number of carbonyl (C=O) groups excluding carboxylic acids is 3. The van der Waals surface area contributed by atoms with Crippen LogP contribution in [-0.4, -0.2) is 49.6 Å². The van der Waals surface area contributed by atoms with E-state index in [1.807, 2.05) is 5.32 Å². The van der Waals surface area contributed by atoms with Crippen molar-refractivity contribution in [1.82, 2.24) is 10.2 Å². The number of ether oxygens (including phenoxy) is 1. The molecule has 0 saturated heterocycles. The van der Waals surface area contributed by atoms with Crippen molar-refractivity contribution in [1.29, 1.82) is 0 Å². The fraction of sp³-hybridized carbons (Fsp3) is 0.357. The monoisotopic (exact) mass is 311 g/mol. The molecule has 3 amide bonds. The molecule has 120 valence electrons.